The van der Waals surface area contributed by atoms with Crippen LogP contribution in [0, 0.1) is 0 Å². The average Bonchev–Trinajstić information content (AvgIpc) is 2.12. The molecule has 0 aliphatic rings. The number of hydrogen-bond acceptors (Lipinski definition) is 2. The molecule has 0 amide bonds. The molecule has 0 fully saturated rings. The monoisotopic (exact) mass is 234 g/mol. The second-order valence-corrected chi connectivity index (χ2v) is 3.38. The Morgan fingerprint density at radius 2 is 2.14 bits per heavy atom. The largest absolute Gasteiger partial charge is 0.480 e. The molecule has 0 radical (unpaired) electrons. The predicted molar refractivity (Wildman–Crippen MR) is 53.8 cm³/mol. The molecule has 14 heavy (non-hydrogen) atoms. The van der Waals surface area contributed by atoms with Crippen LogP contribution in [-0.2, 0) is 16.1 Å². The van der Waals surface area contributed by atoms with E-state index in [0.717, 1.165) is 0 Å². The molecule has 3 nitrogen and oxygen atoms in total. The molecule has 5 heteroatoms. The molecule has 0 aromatic heterocycles. The molecular weight excluding hydrogens is 227 g/mol. The number of hydrogen-bond donors (Lipinski definition) is 1. The molecule has 1 aromatic rings. The molecule has 76 valence electrons. The summed E-state index contributed by atoms with van der Waals surface area (Å²) in [5.41, 5.74) is 0.681. The van der Waals surface area contributed by atoms with Crippen LogP contribution in [0.4, 0.5) is 0 Å². The zero-order valence-corrected chi connectivity index (χ0v) is 8.68. The van der Waals surface area contributed by atoms with E-state index in [4.69, 9.17) is 33.0 Å². The van der Waals surface area contributed by atoms with Crippen LogP contribution in [0.15, 0.2) is 18.2 Å². The minimum absolute atomic E-state index is 0.145. The van der Waals surface area contributed by atoms with Crippen LogP contribution in [0.3, 0.4) is 0 Å². The van der Waals surface area contributed by atoms with Crippen LogP contribution in [-0.4, -0.2) is 17.7 Å². The van der Waals surface area contributed by atoms with Crippen molar-refractivity contribution in [2.75, 3.05) is 6.61 Å². The lowest BCUT2D eigenvalue weighted by Gasteiger charge is -2.04. The molecule has 0 aliphatic heterocycles. The van der Waals surface area contributed by atoms with Crippen molar-refractivity contribution in [1.82, 2.24) is 0 Å². The van der Waals surface area contributed by atoms with Gasteiger partial charge in [0.15, 0.2) is 0 Å². The van der Waals surface area contributed by atoms with E-state index in [9.17, 15) is 4.79 Å². The molecule has 0 unspecified atom stereocenters. The normalized spacial score (nSPS) is 10.1. The molecular formula is C9H8Cl2O3. The molecule has 0 saturated carbocycles. The molecule has 0 bridgehead atoms. The molecule has 1 N–H and O–H groups in total. The maximum absolute atomic E-state index is 10.2. The summed E-state index contributed by atoms with van der Waals surface area (Å²) in [4.78, 5) is 10.2. The fourth-order valence-corrected chi connectivity index (χ4v) is 1.28. The smallest absolute Gasteiger partial charge is 0.329 e. The van der Waals surface area contributed by atoms with Crippen LogP contribution in [0.1, 0.15) is 5.56 Å². The van der Waals surface area contributed by atoms with Gasteiger partial charge in [0.1, 0.15) is 6.61 Å². The van der Waals surface area contributed by atoms with E-state index in [1.807, 2.05) is 0 Å². The molecule has 1 rings (SSSR count). The Morgan fingerprint density at radius 1 is 1.43 bits per heavy atom. The predicted octanol–water partition coefficient (Wildman–Crippen LogP) is 2.59. The van der Waals surface area contributed by atoms with Gasteiger partial charge >= 0.3 is 5.97 Å². The van der Waals surface area contributed by atoms with Gasteiger partial charge < -0.3 is 9.84 Å². The summed E-state index contributed by atoms with van der Waals surface area (Å²) in [6.07, 6.45) is 0. The van der Waals surface area contributed by atoms with Crippen molar-refractivity contribution >= 4 is 29.2 Å². The van der Waals surface area contributed by atoms with Gasteiger partial charge in [0.25, 0.3) is 0 Å². The van der Waals surface area contributed by atoms with E-state index < -0.39 is 5.97 Å². The Hall–Kier alpha value is -0.770. The van der Waals surface area contributed by atoms with Crippen molar-refractivity contribution in [3.8, 4) is 0 Å². The van der Waals surface area contributed by atoms with Gasteiger partial charge in [-0.2, -0.15) is 0 Å². The number of carboxylic acid groups (broad SMARTS) is 1. The van der Waals surface area contributed by atoms with E-state index in [0.29, 0.717) is 15.6 Å². The number of aliphatic carboxylic acids is 1. The molecule has 0 spiro atoms. The topological polar surface area (TPSA) is 46.5 Å². The minimum atomic E-state index is -1.01. The van der Waals surface area contributed by atoms with Gasteiger partial charge in [-0.25, -0.2) is 4.79 Å². The van der Waals surface area contributed by atoms with Crippen molar-refractivity contribution < 1.29 is 14.6 Å². The Labute approximate surface area is 91.2 Å². The summed E-state index contributed by atoms with van der Waals surface area (Å²) < 4.78 is 4.87. The number of rotatable bonds is 4. The Balaban J connectivity index is 2.59. The maximum atomic E-state index is 10.2. The quantitative estimate of drug-likeness (QED) is 0.872. The number of benzene rings is 1. The van der Waals surface area contributed by atoms with Crippen molar-refractivity contribution in [2.45, 2.75) is 6.61 Å². The highest BCUT2D eigenvalue weighted by molar-refractivity contribution is 6.42. The first-order valence-corrected chi connectivity index (χ1v) is 4.59. The Morgan fingerprint density at radius 3 is 2.79 bits per heavy atom. The summed E-state index contributed by atoms with van der Waals surface area (Å²) in [6.45, 7) is -0.200. The average molecular weight is 235 g/mol. The van der Waals surface area contributed by atoms with Gasteiger partial charge in [-0.3, -0.25) is 0 Å². The fourth-order valence-electron chi connectivity index (χ4n) is 0.908. The van der Waals surface area contributed by atoms with Crippen molar-refractivity contribution in [3.63, 3.8) is 0 Å². The SMILES string of the molecule is O=C(O)COCc1cccc(Cl)c1Cl. The second-order valence-electron chi connectivity index (χ2n) is 2.60. The molecule has 0 heterocycles. The first kappa shape index (κ1) is 11.3. The molecule has 0 atom stereocenters. The number of ether oxygens (including phenoxy) is 1. The second kappa shape index (κ2) is 5.20. The van der Waals surface area contributed by atoms with E-state index in [-0.39, 0.29) is 13.2 Å². The third-order valence-corrected chi connectivity index (χ3v) is 2.37. The highest BCUT2D eigenvalue weighted by atomic mass is 35.5. The van der Waals surface area contributed by atoms with E-state index in [1.54, 1.807) is 18.2 Å². The number of carboxylic acids is 1. The number of halogens is 2. The zero-order chi connectivity index (χ0) is 10.6. The fraction of sp³-hybridized carbons (Fsp3) is 0.222. The van der Waals surface area contributed by atoms with Crippen molar-refractivity contribution in [2.24, 2.45) is 0 Å². The zero-order valence-electron chi connectivity index (χ0n) is 7.17. The van der Waals surface area contributed by atoms with Crippen LogP contribution in [0.2, 0.25) is 10.0 Å². The Kier molecular flexibility index (Phi) is 4.20. The van der Waals surface area contributed by atoms with Crippen LogP contribution in [0.5, 0.6) is 0 Å². The van der Waals surface area contributed by atoms with Gasteiger partial charge in [-0.05, 0) is 11.6 Å². The highest BCUT2D eigenvalue weighted by Gasteiger charge is 2.04. The lowest BCUT2D eigenvalue weighted by Crippen LogP contribution is -2.06. The summed E-state index contributed by atoms with van der Waals surface area (Å²) in [6, 6.07) is 5.12. The highest BCUT2D eigenvalue weighted by Crippen LogP contribution is 2.25. The summed E-state index contributed by atoms with van der Waals surface area (Å²) in [5, 5.41) is 9.17. The van der Waals surface area contributed by atoms with Gasteiger partial charge in [-0.1, -0.05) is 35.3 Å². The van der Waals surface area contributed by atoms with Crippen molar-refractivity contribution in [3.05, 3.63) is 33.8 Å². The van der Waals surface area contributed by atoms with E-state index in [2.05, 4.69) is 0 Å². The lowest BCUT2D eigenvalue weighted by molar-refractivity contribution is -0.142. The standard InChI is InChI=1S/C9H8Cl2O3/c10-7-3-1-2-6(9(7)11)4-14-5-8(12)13/h1-3H,4-5H2,(H,12,13). The Bertz CT molecular complexity index is 339. The van der Waals surface area contributed by atoms with Gasteiger partial charge in [-0.15, -0.1) is 0 Å². The third kappa shape index (κ3) is 3.18. The summed E-state index contributed by atoms with van der Waals surface area (Å²) >= 11 is 11.6. The van der Waals surface area contributed by atoms with Crippen LogP contribution < -0.4 is 0 Å². The first-order valence-electron chi connectivity index (χ1n) is 3.83. The number of carbonyl (C=O) groups is 1. The van der Waals surface area contributed by atoms with Gasteiger partial charge in [0.2, 0.25) is 0 Å². The third-order valence-electron chi connectivity index (χ3n) is 1.51. The van der Waals surface area contributed by atoms with Crippen LogP contribution in [0.25, 0.3) is 0 Å². The van der Waals surface area contributed by atoms with Crippen LogP contribution >= 0.6 is 23.2 Å². The van der Waals surface area contributed by atoms with Gasteiger partial charge in [0, 0.05) is 0 Å². The summed E-state index contributed by atoms with van der Waals surface area (Å²) in [5.74, 6) is -1.01. The van der Waals surface area contributed by atoms with E-state index in [1.165, 1.54) is 0 Å². The molecule has 1 aromatic carbocycles. The molecule has 0 saturated heterocycles. The summed E-state index contributed by atoms with van der Waals surface area (Å²) in [7, 11) is 0. The minimum Gasteiger partial charge on any atom is -0.480 e. The van der Waals surface area contributed by atoms with Gasteiger partial charge in [0.05, 0.1) is 16.7 Å². The molecule has 0 aliphatic carbocycles. The van der Waals surface area contributed by atoms with E-state index >= 15 is 0 Å². The maximum Gasteiger partial charge on any atom is 0.329 e. The lowest BCUT2D eigenvalue weighted by atomic mass is 10.2. The first-order chi connectivity index (χ1) is 6.61. The van der Waals surface area contributed by atoms with Crippen molar-refractivity contribution in [1.29, 1.82) is 0 Å².